The molecule has 3 N–H and O–H groups in total. The first-order valence-electron chi connectivity index (χ1n) is 5.73. The number of carbonyl (C=O) groups is 1. The molecule has 0 aliphatic carbocycles. The smallest absolute Gasteiger partial charge is 0.250 e. The lowest BCUT2D eigenvalue weighted by Gasteiger charge is -2.17. The van der Waals surface area contributed by atoms with Gasteiger partial charge in [0.05, 0.1) is 6.26 Å². The molecule has 1 aromatic heterocycles. The summed E-state index contributed by atoms with van der Waals surface area (Å²) in [5, 5.41) is 2.86. The van der Waals surface area contributed by atoms with Crippen LogP contribution in [0.1, 0.15) is 19.1 Å². The van der Waals surface area contributed by atoms with Crippen LogP contribution >= 0.6 is 0 Å². The van der Waals surface area contributed by atoms with Gasteiger partial charge in [0.2, 0.25) is 0 Å². The van der Waals surface area contributed by atoms with Crippen molar-refractivity contribution in [2.45, 2.75) is 31.9 Å². The standard InChI is InChI=1S/C12H20N2O3/c1-9(5-6-10-4-3-7-17-10)14-12(15)11(8-13)16-2/h3-4,7,9,11H,5-6,8,13H2,1-2H3,(H,14,15). The quantitative estimate of drug-likeness (QED) is 0.735. The van der Waals surface area contributed by atoms with Crippen LogP contribution in [-0.4, -0.2) is 31.7 Å². The van der Waals surface area contributed by atoms with Gasteiger partial charge in [-0.05, 0) is 25.5 Å². The number of nitrogens with one attached hydrogen (secondary N) is 1. The summed E-state index contributed by atoms with van der Waals surface area (Å²) in [5.41, 5.74) is 5.41. The molecule has 1 heterocycles. The molecule has 0 radical (unpaired) electrons. The number of ether oxygens (including phenoxy) is 1. The lowest BCUT2D eigenvalue weighted by molar-refractivity contribution is -0.131. The molecule has 0 aliphatic heterocycles. The van der Waals surface area contributed by atoms with Gasteiger partial charge in [-0.2, -0.15) is 0 Å². The number of carbonyl (C=O) groups excluding carboxylic acids is 1. The van der Waals surface area contributed by atoms with Gasteiger partial charge < -0.3 is 20.2 Å². The first-order chi connectivity index (χ1) is 8.17. The lowest BCUT2D eigenvalue weighted by atomic mass is 10.1. The Labute approximate surface area is 101 Å². The molecule has 0 aromatic carbocycles. The number of hydrogen-bond acceptors (Lipinski definition) is 4. The summed E-state index contributed by atoms with van der Waals surface area (Å²) < 4.78 is 10.2. The maximum Gasteiger partial charge on any atom is 0.250 e. The molecular formula is C12H20N2O3. The van der Waals surface area contributed by atoms with E-state index in [1.54, 1.807) is 6.26 Å². The van der Waals surface area contributed by atoms with Crippen molar-refractivity contribution >= 4 is 5.91 Å². The molecule has 96 valence electrons. The Balaban J connectivity index is 2.29. The third kappa shape index (κ3) is 4.58. The van der Waals surface area contributed by atoms with Gasteiger partial charge in [0.15, 0.2) is 0 Å². The summed E-state index contributed by atoms with van der Waals surface area (Å²) in [6.07, 6.45) is 2.70. The Hall–Kier alpha value is -1.33. The van der Waals surface area contributed by atoms with Crippen LogP contribution in [-0.2, 0) is 16.0 Å². The number of rotatable bonds is 7. The Morgan fingerprint density at radius 3 is 2.94 bits per heavy atom. The summed E-state index contributed by atoms with van der Waals surface area (Å²) in [6, 6.07) is 3.84. The number of methoxy groups -OCH3 is 1. The van der Waals surface area contributed by atoms with Crippen molar-refractivity contribution < 1.29 is 13.9 Å². The molecule has 0 fully saturated rings. The van der Waals surface area contributed by atoms with E-state index in [9.17, 15) is 4.79 Å². The van der Waals surface area contributed by atoms with E-state index in [-0.39, 0.29) is 18.5 Å². The zero-order valence-corrected chi connectivity index (χ0v) is 10.3. The molecule has 1 rings (SSSR count). The molecule has 2 unspecified atom stereocenters. The second-order valence-corrected chi connectivity index (χ2v) is 3.99. The second-order valence-electron chi connectivity index (χ2n) is 3.99. The third-order valence-electron chi connectivity index (χ3n) is 2.58. The fourth-order valence-electron chi connectivity index (χ4n) is 1.53. The van der Waals surface area contributed by atoms with E-state index < -0.39 is 6.10 Å². The number of furan rings is 1. The molecule has 17 heavy (non-hydrogen) atoms. The van der Waals surface area contributed by atoms with Crippen molar-refractivity contribution in [1.29, 1.82) is 0 Å². The molecule has 0 saturated heterocycles. The van der Waals surface area contributed by atoms with E-state index in [0.717, 1.165) is 18.6 Å². The highest BCUT2D eigenvalue weighted by atomic mass is 16.5. The highest BCUT2D eigenvalue weighted by molar-refractivity contribution is 5.81. The van der Waals surface area contributed by atoms with E-state index >= 15 is 0 Å². The molecular weight excluding hydrogens is 220 g/mol. The van der Waals surface area contributed by atoms with Crippen molar-refractivity contribution in [2.24, 2.45) is 5.73 Å². The summed E-state index contributed by atoms with van der Waals surface area (Å²) in [7, 11) is 1.48. The molecule has 1 amide bonds. The third-order valence-corrected chi connectivity index (χ3v) is 2.58. The predicted octanol–water partition coefficient (Wildman–Crippen LogP) is 0.691. The Kier molecular flexibility index (Phi) is 5.72. The van der Waals surface area contributed by atoms with Crippen molar-refractivity contribution in [3.63, 3.8) is 0 Å². The lowest BCUT2D eigenvalue weighted by Crippen LogP contribution is -2.44. The predicted molar refractivity (Wildman–Crippen MR) is 64.5 cm³/mol. The van der Waals surface area contributed by atoms with E-state index in [2.05, 4.69) is 5.32 Å². The Morgan fingerprint density at radius 1 is 1.65 bits per heavy atom. The normalized spacial score (nSPS) is 14.3. The molecule has 1 aromatic rings. The fraction of sp³-hybridized carbons (Fsp3) is 0.583. The maximum atomic E-state index is 11.6. The van der Waals surface area contributed by atoms with E-state index in [1.807, 2.05) is 19.1 Å². The van der Waals surface area contributed by atoms with Gasteiger partial charge in [-0.3, -0.25) is 4.79 Å². The Morgan fingerprint density at radius 2 is 2.41 bits per heavy atom. The van der Waals surface area contributed by atoms with Crippen LogP contribution in [0.15, 0.2) is 22.8 Å². The molecule has 0 spiro atoms. The largest absolute Gasteiger partial charge is 0.469 e. The summed E-state index contributed by atoms with van der Waals surface area (Å²) in [6.45, 7) is 2.14. The van der Waals surface area contributed by atoms with Crippen LogP contribution in [0.25, 0.3) is 0 Å². The average Bonchev–Trinajstić information content (AvgIpc) is 2.81. The minimum absolute atomic E-state index is 0.0665. The van der Waals surface area contributed by atoms with Gasteiger partial charge in [0.25, 0.3) is 5.91 Å². The Bertz CT molecular complexity index is 321. The average molecular weight is 240 g/mol. The molecule has 0 saturated carbocycles. The summed E-state index contributed by atoms with van der Waals surface area (Å²) in [4.78, 5) is 11.6. The topological polar surface area (TPSA) is 77.5 Å². The molecule has 0 bridgehead atoms. The van der Waals surface area contributed by atoms with Crippen molar-refractivity contribution in [3.8, 4) is 0 Å². The summed E-state index contributed by atoms with van der Waals surface area (Å²) in [5.74, 6) is 0.759. The van der Waals surface area contributed by atoms with Crippen LogP contribution < -0.4 is 11.1 Å². The SMILES string of the molecule is COC(CN)C(=O)NC(C)CCc1ccco1. The molecule has 5 heteroatoms. The number of aryl methyl sites for hydroxylation is 1. The zero-order chi connectivity index (χ0) is 12.7. The van der Waals surface area contributed by atoms with Gasteiger partial charge in [-0.1, -0.05) is 0 Å². The van der Waals surface area contributed by atoms with Gasteiger partial charge in [0.1, 0.15) is 11.9 Å². The molecule has 0 aliphatic rings. The van der Waals surface area contributed by atoms with Crippen LogP contribution in [0.4, 0.5) is 0 Å². The molecule has 2 atom stereocenters. The first-order valence-corrected chi connectivity index (χ1v) is 5.73. The second kappa shape index (κ2) is 7.09. The van der Waals surface area contributed by atoms with E-state index in [4.69, 9.17) is 14.9 Å². The highest BCUT2D eigenvalue weighted by Gasteiger charge is 2.17. The van der Waals surface area contributed by atoms with Crippen molar-refractivity contribution in [2.75, 3.05) is 13.7 Å². The van der Waals surface area contributed by atoms with Crippen molar-refractivity contribution in [1.82, 2.24) is 5.32 Å². The van der Waals surface area contributed by atoms with Crippen LogP contribution in [0.5, 0.6) is 0 Å². The maximum absolute atomic E-state index is 11.6. The number of nitrogens with two attached hydrogens (primary N) is 1. The van der Waals surface area contributed by atoms with Gasteiger partial charge in [0, 0.05) is 26.1 Å². The van der Waals surface area contributed by atoms with Gasteiger partial charge >= 0.3 is 0 Å². The number of hydrogen-bond donors (Lipinski definition) is 2. The monoisotopic (exact) mass is 240 g/mol. The molecule has 5 nitrogen and oxygen atoms in total. The minimum atomic E-state index is -0.568. The van der Waals surface area contributed by atoms with E-state index in [1.165, 1.54) is 7.11 Å². The fourth-order valence-corrected chi connectivity index (χ4v) is 1.53. The van der Waals surface area contributed by atoms with Crippen LogP contribution in [0, 0.1) is 0 Å². The highest BCUT2D eigenvalue weighted by Crippen LogP contribution is 2.05. The van der Waals surface area contributed by atoms with Crippen LogP contribution in [0.3, 0.4) is 0 Å². The zero-order valence-electron chi connectivity index (χ0n) is 10.3. The minimum Gasteiger partial charge on any atom is -0.469 e. The first kappa shape index (κ1) is 13.7. The van der Waals surface area contributed by atoms with Gasteiger partial charge in [-0.15, -0.1) is 0 Å². The van der Waals surface area contributed by atoms with Gasteiger partial charge in [-0.25, -0.2) is 0 Å². The summed E-state index contributed by atoms with van der Waals surface area (Å²) >= 11 is 0. The van der Waals surface area contributed by atoms with Crippen LogP contribution in [0.2, 0.25) is 0 Å². The van der Waals surface area contributed by atoms with E-state index in [0.29, 0.717) is 0 Å². The number of amides is 1. The van der Waals surface area contributed by atoms with Crippen molar-refractivity contribution in [3.05, 3.63) is 24.2 Å².